The van der Waals surface area contributed by atoms with Crippen molar-refractivity contribution in [2.75, 3.05) is 18.6 Å². The van der Waals surface area contributed by atoms with Crippen molar-refractivity contribution in [3.8, 4) is 0 Å². The topological polar surface area (TPSA) is 75.3 Å². The first-order valence-corrected chi connectivity index (χ1v) is 7.47. The highest BCUT2D eigenvalue weighted by atomic mass is 32.2. The molecular weight excluding hydrogens is 271 g/mol. The van der Waals surface area contributed by atoms with Gasteiger partial charge in [-0.15, -0.1) is 0 Å². The molecule has 1 rings (SSSR count). The molecule has 1 amide bonds. The summed E-state index contributed by atoms with van der Waals surface area (Å²) in [4.78, 5) is 11.8. The summed E-state index contributed by atoms with van der Waals surface area (Å²) >= 11 is 0. The molecule has 0 radical (unpaired) electrons. The van der Waals surface area contributed by atoms with E-state index in [0.717, 1.165) is 24.5 Å². The van der Waals surface area contributed by atoms with Crippen LogP contribution in [0.25, 0.3) is 0 Å². The van der Waals surface area contributed by atoms with Crippen LogP contribution >= 0.6 is 0 Å². The lowest BCUT2D eigenvalue weighted by molar-refractivity contribution is -0.121. The van der Waals surface area contributed by atoms with Gasteiger partial charge in [0, 0.05) is 6.26 Å². The Bertz CT molecular complexity index is 597. The number of sulfone groups is 1. The Labute approximate surface area is 112 Å². The number of anilines is 1. The molecule has 7 heteroatoms. The maximum Gasteiger partial charge on any atom is 0.244 e. The number of hydrogen-bond donors (Lipinski definition) is 2. The summed E-state index contributed by atoms with van der Waals surface area (Å²) in [6.45, 7) is 3.25. The van der Waals surface area contributed by atoms with Gasteiger partial charge in [0.05, 0.1) is 16.1 Å². The quantitative estimate of drug-likeness (QED) is 0.815. The third-order valence-corrected chi connectivity index (χ3v) is 3.92. The minimum Gasteiger partial charge on any atom is -0.322 e. The first-order valence-electron chi connectivity index (χ1n) is 5.58. The fourth-order valence-corrected chi connectivity index (χ4v) is 1.87. The van der Waals surface area contributed by atoms with Gasteiger partial charge in [-0.05, 0) is 39.1 Å². The lowest BCUT2D eigenvalue weighted by Crippen LogP contribution is -2.48. The smallest absolute Gasteiger partial charge is 0.244 e. The van der Waals surface area contributed by atoms with Crippen LogP contribution in [-0.2, 0) is 14.6 Å². The second-order valence-corrected chi connectivity index (χ2v) is 6.76. The van der Waals surface area contributed by atoms with Gasteiger partial charge in [-0.25, -0.2) is 12.8 Å². The van der Waals surface area contributed by atoms with Crippen LogP contribution in [0.3, 0.4) is 0 Å². The van der Waals surface area contributed by atoms with Crippen molar-refractivity contribution < 1.29 is 17.6 Å². The van der Waals surface area contributed by atoms with Crippen LogP contribution in [0.1, 0.15) is 13.8 Å². The van der Waals surface area contributed by atoms with Crippen molar-refractivity contribution in [1.29, 1.82) is 0 Å². The van der Waals surface area contributed by atoms with E-state index >= 15 is 0 Å². The number of nitrogens with one attached hydrogen (secondary N) is 2. The highest BCUT2D eigenvalue weighted by Gasteiger charge is 2.26. The summed E-state index contributed by atoms with van der Waals surface area (Å²) in [5.74, 6) is -1.15. The monoisotopic (exact) mass is 288 g/mol. The van der Waals surface area contributed by atoms with Gasteiger partial charge in [-0.2, -0.15) is 0 Å². The van der Waals surface area contributed by atoms with Crippen LogP contribution in [0, 0.1) is 5.82 Å². The van der Waals surface area contributed by atoms with Gasteiger partial charge < -0.3 is 10.6 Å². The van der Waals surface area contributed by atoms with Crippen LogP contribution in [0.4, 0.5) is 10.1 Å². The van der Waals surface area contributed by atoms with Gasteiger partial charge in [0.1, 0.15) is 5.82 Å². The zero-order valence-corrected chi connectivity index (χ0v) is 12.1. The van der Waals surface area contributed by atoms with Gasteiger partial charge in [0.2, 0.25) is 5.91 Å². The van der Waals surface area contributed by atoms with E-state index in [4.69, 9.17) is 0 Å². The second kappa shape index (κ2) is 5.26. The van der Waals surface area contributed by atoms with E-state index < -0.39 is 27.1 Å². The summed E-state index contributed by atoms with van der Waals surface area (Å²) in [5, 5.41) is 5.15. The van der Waals surface area contributed by atoms with Crippen molar-refractivity contribution in [3.05, 3.63) is 24.0 Å². The molecule has 0 aliphatic carbocycles. The molecule has 0 saturated carbocycles. The van der Waals surface area contributed by atoms with E-state index in [1.54, 1.807) is 20.9 Å². The fraction of sp³-hybridized carbons (Fsp3) is 0.417. The third kappa shape index (κ3) is 3.74. The molecule has 0 unspecified atom stereocenters. The van der Waals surface area contributed by atoms with E-state index in [1.165, 1.54) is 0 Å². The normalized spacial score (nSPS) is 12.3. The summed E-state index contributed by atoms with van der Waals surface area (Å²) in [6, 6.07) is 3.27. The number of hydrogen-bond acceptors (Lipinski definition) is 4. The SMILES string of the molecule is CNC(C)(C)C(=O)Nc1cc(S(C)(=O)=O)ccc1F. The molecule has 0 fully saturated rings. The minimum atomic E-state index is -3.45. The Hall–Kier alpha value is -1.47. The average Bonchev–Trinajstić information content (AvgIpc) is 2.30. The van der Waals surface area contributed by atoms with Crippen molar-refractivity contribution >= 4 is 21.4 Å². The lowest BCUT2D eigenvalue weighted by Gasteiger charge is -2.23. The van der Waals surface area contributed by atoms with E-state index in [9.17, 15) is 17.6 Å². The molecule has 0 aromatic heterocycles. The maximum absolute atomic E-state index is 13.6. The predicted octanol–water partition coefficient (Wildman–Crippen LogP) is 1.17. The zero-order valence-electron chi connectivity index (χ0n) is 11.2. The zero-order chi connectivity index (χ0) is 14.8. The molecule has 0 atom stereocenters. The molecule has 1 aromatic rings. The van der Waals surface area contributed by atoms with E-state index in [0.29, 0.717) is 0 Å². The standard InChI is InChI=1S/C12H17FN2O3S/c1-12(2,14-3)11(16)15-10-7-8(19(4,17)18)5-6-9(10)13/h5-7,14H,1-4H3,(H,15,16). The first kappa shape index (κ1) is 15.6. The Kier molecular flexibility index (Phi) is 4.32. The molecule has 0 heterocycles. The third-order valence-electron chi connectivity index (χ3n) is 2.81. The molecule has 19 heavy (non-hydrogen) atoms. The summed E-state index contributed by atoms with van der Waals surface area (Å²) in [6.07, 6.45) is 1.02. The van der Waals surface area contributed by atoms with Gasteiger partial charge in [-0.3, -0.25) is 4.79 Å². The number of carbonyl (C=O) groups excluding carboxylic acids is 1. The molecular formula is C12H17FN2O3S. The Morgan fingerprint density at radius 3 is 2.37 bits per heavy atom. The molecule has 106 valence electrons. The Morgan fingerprint density at radius 1 is 1.32 bits per heavy atom. The number of carbonyl (C=O) groups is 1. The van der Waals surface area contributed by atoms with Gasteiger partial charge in [0.25, 0.3) is 0 Å². The summed E-state index contributed by atoms with van der Waals surface area (Å²) in [5.41, 5.74) is -1.05. The summed E-state index contributed by atoms with van der Waals surface area (Å²) < 4.78 is 36.4. The first-order chi connectivity index (χ1) is 8.58. The maximum atomic E-state index is 13.6. The van der Waals surface area contributed by atoms with Gasteiger partial charge in [0.15, 0.2) is 9.84 Å². The molecule has 1 aromatic carbocycles. The Morgan fingerprint density at radius 2 is 1.89 bits per heavy atom. The molecule has 0 aliphatic rings. The summed E-state index contributed by atoms with van der Waals surface area (Å²) in [7, 11) is -1.85. The number of benzene rings is 1. The van der Waals surface area contributed by atoms with Crippen LogP contribution in [0.15, 0.2) is 23.1 Å². The van der Waals surface area contributed by atoms with Crippen molar-refractivity contribution in [1.82, 2.24) is 5.32 Å². The van der Waals surface area contributed by atoms with Crippen molar-refractivity contribution in [2.45, 2.75) is 24.3 Å². The number of rotatable bonds is 4. The largest absolute Gasteiger partial charge is 0.322 e. The predicted molar refractivity (Wildman–Crippen MR) is 71.3 cm³/mol. The van der Waals surface area contributed by atoms with Gasteiger partial charge in [-0.1, -0.05) is 0 Å². The highest BCUT2D eigenvalue weighted by Crippen LogP contribution is 2.20. The minimum absolute atomic E-state index is 0.0496. The lowest BCUT2D eigenvalue weighted by atomic mass is 10.1. The van der Waals surface area contributed by atoms with Crippen molar-refractivity contribution in [3.63, 3.8) is 0 Å². The number of likely N-dealkylation sites (N-methyl/N-ethyl adjacent to an activating group) is 1. The number of halogens is 1. The van der Waals surface area contributed by atoms with Gasteiger partial charge >= 0.3 is 0 Å². The van der Waals surface area contributed by atoms with Crippen LogP contribution in [-0.4, -0.2) is 33.2 Å². The molecule has 5 nitrogen and oxygen atoms in total. The van der Waals surface area contributed by atoms with Crippen LogP contribution in [0.5, 0.6) is 0 Å². The average molecular weight is 288 g/mol. The molecule has 0 aliphatic heterocycles. The molecule has 0 saturated heterocycles. The molecule has 0 spiro atoms. The fourth-order valence-electron chi connectivity index (χ4n) is 1.22. The van der Waals surface area contributed by atoms with Crippen LogP contribution < -0.4 is 10.6 Å². The highest BCUT2D eigenvalue weighted by molar-refractivity contribution is 7.90. The second-order valence-electron chi connectivity index (χ2n) is 4.74. The molecule has 0 bridgehead atoms. The van der Waals surface area contributed by atoms with E-state index in [-0.39, 0.29) is 10.6 Å². The van der Waals surface area contributed by atoms with E-state index in [1.807, 2.05) is 0 Å². The van der Waals surface area contributed by atoms with E-state index in [2.05, 4.69) is 10.6 Å². The van der Waals surface area contributed by atoms with Crippen molar-refractivity contribution in [2.24, 2.45) is 0 Å². The molecule has 2 N–H and O–H groups in total. The Balaban J connectivity index is 3.12. The number of amides is 1. The van der Waals surface area contributed by atoms with Crippen LogP contribution in [0.2, 0.25) is 0 Å².